The van der Waals surface area contributed by atoms with E-state index in [0.717, 1.165) is 15.8 Å². The molecule has 18 heavy (non-hydrogen) atoms. The van der Waals surface area contributed by atoms with Gasteiger partial charge in [-0.25, -0.2) is 0 Å². The predicted molar refractivity (Wildman–Crippen MR) is 93.1 cm³/mol. The van der Waals surface area contributed by atoms with Gasteiger partial charge in [-0.1, -0.05) is 18.2 Å². The zero-order valence-electron chi connectivity index (χ0n) is 9.28. The van der Waals surface area contributed by atoms with Crippen LogP contribution in [-0.4, -0.2) is 5.11 Å². The van der Waals surface area contributed by atoms with E-state index in [1.807, 2.05) is 48.5 Å². The highest BCUT2D eigenvalue weighted by atomic mass is 127. The van der Waals surface area contributed by atoms with E-state index >= 15 is 0 Å². The predicted octanol–water partition coefficient (Wildman–Crippen LogP) is 4.86. The first-order valence-electron chi connectivity index (χ1n) is 5.23. The Morgan fingerprint density at radius 1 is 1.00 bits per heavy atom. The Morgan fingerprint density at radius 3 is 2.33 bits per heavy atom. The van der Waals surface area contributed by atoms with Crippen LogP contribution in [0.1, 0.15) is 0 Å². The maximum absolute atomic E-state index is 5.25. The summed E-state index contributed by atoms with van der Waals surface area (Å²) < 4.78 is 2.22. The van der Waals surface area contributed by atoms with Crippen molar-refractivity contribution in [1.82, 2.24) is 0 Å². The molecule has 0 fully saturated rings. The summed E-state index contributed by atoms with van der Waals surface area (Å²) in [5.74, 6) is 0. The quantitative estimate of drug-likeness (QED) is 0.523. The van der Waals surface area contributed by atoms with E-state index in [0.29, 0.717) is 5.11 Å². The van der Waals surface area contributed by atoms with Crippen molar-refractivity contribution < 1.29 is 0 Å². The second kappa shape index (κ2) is 6.49. The van der Waals surface area contributed by atoms with Crippen LogP contribution >= 0.6 is 50.7 Å². The molecule has 5 heteroatoms. The van der Waals surface area contributed by atoms with Crippen LogP contribution in [-0.2, 0) is 0 Å². The highest BCUT2D eigenvalue weighted by molar-refractivity contribution is 14.1. The Labute approximate surface area is 133 Å². The average Bonchev–Trinajstić information content (AvgIpc) is 2.35. The second-order valence-electron chi connectivity index (χ2n) is 3.57. The Hall–Kier alpha value is -0.660. The van der Waals surface area contributed by atoms with Crippen LogP contribution in [0.3, 0.4) is 0 Å². The normalized spacial score (nSPS) is 9.89. The fourth-order valence-electron chi connectivity index (χ4n) is 1.39. The van der Waals surface area contributed by atoms with Crippen molar-refractivity contribution >= 4 is 67.2 Å². The summed E-state index contributed by atoms with van der Waals surface area (Å²) in [6, 6.07) is 15.9. The summed E-state index contributed by atoms with van der Waals surface area (Å²) >= 11 is 11.0. The minimum Gasteiger partial charge on any atom is -0.332 e. The maximum Gasteiger partial charge on any atom is 0.175 e. The van der Waals surface area contributed by atoms with Gasteiger partial charge in [0.2, 0.25) is 0 Å². The number of nitrogens with one attached hydrogen (secondary N) is 2. The number of hydrogen-bond donors (Lipinski definition) is 2. The molecule has 2 aromatic rings. The molecule has 2 aromatic carbocycles. The zero-order chi connectivity index (χ0) is 13.0. The second-order valence-corrected chi connectivity index (χ2v) is 6.00. The van der Waals surface area contributed by atoms with Gasteiger partial charge in [0.15, 0.2) is 5.11 Å². The molecule has 0 bridgehead atoms. The van der Waals surface area contributed by atoms with E-state index in [2.05, 4.69) is 49.2 Å². The van der Waals surface area contributed by atoms with E-state index in [4.69, 9.17) is 12.2 Å². The molecule has 0 radical (unpaired) electrons. The molecule has 0 aliphatic rings. The Balaban J connectivity index is 2.01. The number of halogens is 2. The molecule has 0 saturated carbocycles. The Kier molecular flexibility index (Phi) is 4.96. The van der Waals surface area contributed by atoms with Gasteiger partial charge in [-0.3, -0.25) is 0 Å². The molecule has 0 saturated heterocycles. The third-order valence-electron chi connectivity index (χ3n) is 2.21. The average molecular weight is 433 g/mol. The number of hydrogen-bond acceptors (Lipinski definition) is 1. The number of thiocarbonyl (C=S) groups is 1. The molecule has 2 rings (SSSR count). The molecule has 2 N–H and O–H groups in total. The van der Waals surface area contributed by atoms with Crippen LogP contribution < -0.4 is 10.6 Å². The standard InChI is InChI=1S/C13H10BrIN2S/c14-11-8-10(6-7-12(11)15)17-13(18)16-9-4-2-1-3-5-9/h1-8H,(H2,16,17,18). The molecule has 92 valence electrons. The summed E-state index contributed by atoms with van der Waals surface area (Å²) in [5, 5.41) is 6.85. The summed E-state index contributed by atoms with van der Waals surface area (Å²) in [5.41, 5.74) is 1.93. The minimum atomic E-state index is 0.578. The fourth-order valence-corrected chi connectivity index (χ4v) is 2.34. The minimum absolute atomic E-state index is 0.578. The van der Waals surface area contributed by atoms with Crippen LogP contribution in [0.25, 0.3) is 0 Å². The smallest absolute Gasteiger partial charge is 0.175 e. The fraction of sp³-hybridized carbons (Fsp3) is 0. The van der Waals surface area contributed by atoms with Crippen LogP contribution in [0.2, 0.25) is 0 Å². The number of anilines is 2. The van der Waals surface area contributed by atoms with Crippen LogP contribution in [0.15, 0.2) is 53.0 Å². The van der Waals surface area contributed by atoms with Gasteiger partial charge in [-0.15, -0.1) is 0 Å². The summed E-state index contributed by atoms with van der Waals surface area (Å²) in [7, 11) is 0. The largest absolute Gasteiger partial charge is 0.332 e. The highest BCUT2D eigenvalue weighted by Crippen LogP contribution is 2.23. The molecule has 0 spiro atoms. The molecule has 0 amide bonds. The lowest BCUT2D eigenvalue weighted by Gasteiger charge is -2.11. The summed E-state index contributed by atoms with van der Waals surface area (Å²) in [6.45, 7) is 0. The van der Waals surface area contributed by atoms with E-state index in [1.165, 1.54) is 3.57 Å². The molecule has 0 heterocycles. The van der Waals surface area contributed by atoms with Gasteiger partial charge in [0.25, 0.3) is 0 Å². The molecule has 2 nitrogen and oxygen atoms in total. The van der Waals surface area contributed by atoms with Crippen molar-refractivity contribution in [3.63, 3.8) is 0 Å². The van der Waals surface area contributed by atoms with E-state index in [-0.39, 0.29) is 0 Å². The van der Waals surface area contributed by atoms with Crippen molar-refractivity contribution in [2.24, 2.45) is 0 Å². The summed E-state index contributed by atoms with van der Waals surface area (Å²) in [4.78, 5) is 0. The lowest BCUT2D eigenvalue weighted by molar-refractivity contribution is 1.55. The lowest BCUT2D eigenvalue weighted by atomic mass is 10.3. The Bertz CT molecular complexity index is 560. The van der Waals surface area contributed by atoms with Gasteiger partial charge >= 0.3 is 0 Å². The third-order valence-corrected chi connectivity index (χ3v) is 4.75. The van der Waals surface area contributed by atoms with E-state index < -0.39 is 0 Å². The first-order valence-corrected chi connectivity index (χ1v) is 7.51. The van der Waals surface area contributed by atoms with Gasteiger partial charge in [-0.05, 0) is 81.1 Å². The van der Waals surface area contributed by atoms with Crippen molar-refractivity contribution in [2.45, 2.75) is 0 Å². The third kappa shape index (κ3) is 3.93. The molecule has 0 aliphatic carbocycles. The number of benzene rings is 2. The van der Waals surface area contributed by atoms with Gasteiger partial charge < -0.3 is 10.6 Å². The Morgan fingerprint density at radius 2 is 1.67 bits per heavy atom. The lowest BCUT2D eigenvalue weighted by Crippen LogP contribution is -2.18. The summed E-state index contributed by atoms with van der Waals surface area (Å²) in [6.07, 6.45) is 0. The highest BCUT2D eigenvalue weighted by Gasteiger charge is 2.01. The van der Waals surface area contributed by atoms with E-state index in [1.54, 1.807) is 0 Å². The maximum atomic E-state index is 5.25. The molecule has 0 unspecified atom stereocenters. The van der Waals surface area contributed by atoms with Gasteiger partial charge in [0, 0.05) is 19.4 Å². The van der Waals surface area contributed by atoms with Crippen LogP contribution in [0, 0.1) is 3.57 Å². The molecular weight excluding hydrogens is 423 g/mol. The SMILES string of the molecule is S=C(Nc1ccccc1)Nc1ccc(I)c(Br)c1. The van der Waals surface area contributed by atoms with Crippen LogP contribution in [0.4, 0.5) is 11.4 Å². The van der Waals surface area contributed by atoms with Crippen LogP contribution in [0.5, 0.6) is 0 Å². The molecular formula is C13H10BrIN2S. The molecule has 0 aromatic heterocycles. The number of rotatable bonds is 2. The van der Waals surface area contributed by atoms with Crippen molar-refractivity contribution in [2.75, 3.05) is 10.6 Å². The monoisotopic (exact) mass is 432 g/mol. The van der Waals surface area contributed by atoms with Gasteiger partial charge in [-0.2, -0.15) is 0 Å². The van der Waals surface area contributed by atoms with Gasteiger partial charge in [0.05, 0.1) is 0 Å². The molecule has 0 aliphatic heterocycles. The first-order chi connectivity index (χ1) is 8.65. The van der Waals surface area contributed by atoms with Crippen molar-refractivity contribution in [1.29, 1.82) is 0 Å². The van der Waals surface area contributed by atoms with Gasteiger partial charge in [0.1, 0.15) is 0 Å². The van der Waals surface area contributed by atoms with Crippen molar-refractivity contribution in [3.05, 3.63) is 56.6 Å². The topological polar surface area (TPSA) is 24.1 Å². The zero-order valence-corrected chi connectivity index (χ0v) is 13.8. The molecule has 0 atom stereocenters. The van der Waals surface area contributed by atoms with Crippen molar-refractivity contribution in [3.8, 4) is 0 Å². The number of para-hydroxylation sites is 1. The van der Waals surface area contributed by atoms with E-state index in [9.17, 15) is 0 Å². The first kappa shape index (κ1) is 13.8.